The van der Waals surface area contributed by atoms with Gasteiger partial charge in [-0.25, -0.2) is 4.39 Å². The lowest BCUT2D eigenvalue weighted by Crippen LogP contribution is -2.35. The molecule has 232 valence electrons. The van der Waals surface area contributed by atoms with Crippen molar-refractivity contribution < 1.29 is 23.4 Å². The number of carbonyl (C=O) groups is 1. The number of carbonyl (C=O) groups excluding carboxylic acids is 1. The van der Waals surface area contributed by atoms with Gasteiger partial charge in [0, 0.05) is 70.7 Å². The largest absolute Gasteiger partial charge is 0.490 e. The number of fused-ring (bicyclic) bond motifs is 5. The van der Waals surface area contributed by atoms with E-state index in [1.807, 2.05) is 42.6 Å². The second-order valence-electron chi connectivity index (χ2n) is 11.1. The van der Waals surface area contributed by atoms with E-state index >= 15 is 0 Å². The van der Waals surface area contributed by atoms with Gasteiger partial charge in [0.2, 0.25) is 5.91 Å². The molecule has 2 bridgehead atoms. The molecule has 0 fully saturated rings. The number of benzene rings is 2. The van der Waals surface area contributed by atoms with Crippen molar-refractivity contribution in [2.24, 2.45) is 0 Å². The number of para-hydroxylation sites is 1. The fourth-order valence-corrected chi connectivity index (χ4v) is 6.99. The lowest BCUT2D eigenvalue weighted by molar-refractivity contribution is -0.126. The van der Waals surface area contributed by atoms with Gasteiger partial charge < -0.3 is 19.1 Å². The first kappa shape index (κ1) is 29.8. The number of nitrogens with zero attached hydrogens (tertiary/aromatic N) is 3. The van der Waals surface area contributed by atoms with Crippen molar-refractivity contribution >= 4 is 27.3 Å². The number of pyridine rings is 2. The summed E-state index contributed by atoms with van der Waals surface area (Å²) >= 11 is 1.61. The van der Waals surface area contributed by atoms with Crippen LogP contribution in [-0.2, 0) is 28.9 Å². The Morgan fingerprint density at radius 1 is 1.02 bits per heavy atom. The molecule has 0 unspecified atom stereocenters. The first-order valence-corrected chi connectivity index (χ1v) is 16.1. The molecule has 5 heterocycles. The number of thiophene rings is 1. The van der Waals surface area contributed by atoms with Crippen LogP contribution >= 0.6 is 11.3 Å². The highest BCUT2D eigenvalue weighted by Crippen LogP contribution is 2.45. The molecule has 7 rings (SSSR count). The van der Waals surface area contributed by atoms with E-state index < -0.39 is 0 Å². The van der Waals surface area contributed by atoms with E-state index in [0.29, 0.717) is 51.5 Å². The minimum Gasteiger partial charge on any atom is -0.490 e. The number of hydrogen-bond donors (Lipinski definition) is 0. The Bertz CT molecular complexity index is 1970. The lowest BCUT2D eigenvalue weighted by Gasteiger charge is -2.27. The van der Waals surface area contributed by atoms with Gasteiger partial charge in [-0.3, -0.25) is 14.8 Å². The molecular weight excluding hydrogens is 601 g/mol. The van der Waals surface area contributed by atoms with Crippen LogP contribution in [-0.4, -0.2) is 53.7 Å². The van der Waals surface area contributed by atoms with Crippen molar-refractivity contribution in [3.8, 4) is 33.9 Å². The second kappa shape index (κ2) is 13.2. The maximum Gasteiger partial charge on any atom is 0.246 e. The van der Waals surface area contributed by atoms with Gasteiger partial charge in [0.1, 0.15) is 30.5 Å². The Morgan fingerprint density at radius 2 is 1.91 bits per heavy atom. The summed E-state index contributed by atoms with van der Waals surface area (Å²) in [6.45, 7) is 6.14. The molecule has 2 aromatic carbocycles. The number of amides is 1. The molecule has 0 spiro atoms. The van der Waals surface area contributed by atoms with Crippen LogP contribution in [0.5, 0.6) is 11.5 Å². The summed E-state index contributed by atoms with van der Waals surface area (Å²) in [5.41, 5.74) is 7.09. The van der Waals surface area contributed by atoms with E-state index in [9.17, 15) is 9.18 Å². The predicted octanol–water partition coefficient (Wildman–Crippen LogP) is 7.17. The molecule has 9 heteroatoms. The van der Waals surface area contributed by atoms with E-state index in [1.54, 1.807) is 22.3 Å². The van der Waals surface area contributed by atoms with Crippen molar-refractivity contribution in [1.82, 2.24) is 14.9 Å². The Morgan fingerprint density at radius 3 is 2.83 bits per heavy atom. The Hall–Kier alpha value is -4.86. The summed E-state index contributed by atoms with van der Waals surface area (Å²) in [4.78, 5) is 24.3. The molecule has 0 atom stereocenters. The van der Waals surface area contributed by atoms with Crippen LogP contribution in [0.25, 0.3) is 32.5 Å². The van der Waals surface area contributed by atoms with Crippen LogP contribution in [0, 0.1) is 5.82 Å². The molecule has 2 aliphatic heterocycles. The molecule has 2 aliphatic rings. The van der Waals surface area contributed by atoms with Gasteiger partial charge in [0.25, 0.3) is 0 Å². The maximum atomic E-state index is 14.7. The van der Waals surface area contributed by atoms with Crippen LogP contribution in [0.3, 0.4) is 0 Å². The molecule has 0 N–H and O–H groups in total. The number of ether oxygens (including phenoxy) is 3. The zero-order chi connectivity index (χ0) is 31.5. The van der Waals surface area contributed by atoms with Gasteiger partial charge in [0.15, 0.2) is 0 Å². The Balaban J connectivity index is 1.41. The van der Waals surface area contributed by atoms with Gasteiger partial charge in [-0.1, -0.05) is 30.9 Å². The normalized spacial score (nSPS) is 15.5. The number of halogens is 1. The van der Waals surface area contributed by atoms with E-state index in [4.69, 9.17) is 24.2 Å². The third kappa shape index (κ3) is 6.03. The van der Waals surface area contributed by atoms with E-state index in [0.717, 1.165) is 60.7 Å². The molecule has 0 aliphatic carbocycles. The predicted molar refractivity (Wildman–Crippen MR) is 178 cm³/mol. The van der Waals surface area contributed by atoms with Gasteiger partial charge in [-0.2, -0.15) is 0 Å². The average Bonchev–Trinajstić information content (AvgIpc) is 3.57. The van der Waals surface area contributed by atoms with E-state index in [1.165, 1.54) is 18.2 Å². The standard InChI is InChI=1S/C37H32FN3O4S/c1-2-34(42)41-13-11-30-25(23-41)19-24(22-39-30)20-31-35-27-10-9-26(38)21-33(27)45-17-16-43-14-5-6-15-44-32-8-4-3-7-28(32)36(40-31)29-12-18-46-37(29)35/h2-10,12,18-19,21-22H,1,11,13-17,20,23H2/b6-5+. The summed E-state index contributed by atoms with van der Waals surface area (Å²) in [6.07, 6.45) is 8.23. The zero-order valence-corrected chi connectivity index (χ0v) is 26.0. The van der Waals surface area contributed by atoms with Crippen molar-refractivity contribution in [2.75, 3.05) is 33.0 Å². The molecule has 46 heavy (non-hydrogen) atoms. The van der Waals surface area contributed by atoms with E-state index in [2.05, 4.69) is 24.1 Å². The molecule has 0 saturated heterocycles. The topological polar surface area (TPSA) is 73.8 Å². The first-order valence-electron chi connectivity index (χ1n) is 15.2. The monoisotopic (exact) mass is 633 g/mol. The summed E-state index contributed by atoms with van der Waals surface area (Å²) < 4.78 is 33.8. The highest BCUT2D eigenvalue weighted by Gasteiger charge is 2.24. The number of rotatable bonds is 3. The van der Waals surface area contributed by atoms with Crippen LogP contribution < -0.4 is 9.47 Å². The summed E-state index contributed by atoms with van der Waals surface area (Å²) in [6, 6.07) is 16.8. The molecule has 0 saturated carbocycles. The summed E-state index contributed by atoms with van der Waals surface area (Å²) in [5.74, 6) is 0.684. The van der Waals surface area contributed by atoms with Crippen molar-refractivity contribution in [2.45, 2.75) is 19.4 Å². The molecule has 3 aromatic heterocycles. The Labute approximate surface area is 270 Å². The fourth-order valence-electron chi connectivity index (χ4n) is 6.01. The smallest absolute Gasteiger partial charge is 0.246 e. The van der Waals surface area contributed by atoms with Crippen molar-refractivity contribution in [3.05, 3.63) is 119 Å². The molecule has 7 nitrogen and oxygen atoms in total. The van der Waals surface area contributed by atoms with Crippen LogP contribution in [0.2, 0.25) is 0 Å². The minimum atomic E-state index is -0.384. The lowest BCUT2D eigenvalue weighted by atomic mass is 9.94. The molecule has 5 aromatic rings. The maximum absolute atomic E-state index is 14.7. The molecule has 1 amide bonds. The van der Waals surface area contributed by atoms with Gasteiger partial charge >= 0.3 is 0 Å². The van der Waals surface area contributed by atoms with Crippen LogP contribution in [0.1, 0.15) is 22.5 Å². The summed E-state index contributed by atoms with van der Waals surface area (Å²) in [5, 5.41) is 3.03. The third-order valence-electron chi connectivity index (χ3n) is 8.19. The van der Waals surface area contributed by atoms with Gasteiger partial charge in [-0.05, 0) is 59.0 Å². The fraction of sp³-hybridized carbons (Fsp3) is 0.216. The zero-order valence-electron chi connectivity index (χ0n) is 25.2. The van der Waals surface area contributed by atoms with Crippen molar-refractivity contribution in [3.63, 3.8) is 0 Å². The minimum absolute atomic E-state index is 0.0891. The van der Waals surface area contributed by atoms with E-state index in [-0.39, 0.29) is 18.3 Å². The second-order valence-corrected chi connectivity index (χ2v) is 12.0. The van der Waals surface area contributed by atoms with Crippen LogP contribution in [0.15, 0.2) is 91.0 Å². The molecule has 0 radical (unpaired) electrons. The molecular formula is C37H32FN3O4S. The van der Waals surface area contributed by atoms with Gasteiger partial charge in [-0.15, -0.1) is 11.3 Å². The van der Waals surface area contributed by atoms with Gasteiger partial charge in [0.05, 0.1) is 24.6 Å². The van der Waals surface area contributed by atoms with Crippen molar-refractivity contribution in [1.29, 1.82) is 0 Å². The Kier molecular flexibility index (Phi) is 8.59. The summed E-state index contributed by atoms with van der Waals surface area (Å²) in [7, 11) is 0. The average molecular weight is 634 g/mol. The third-order valence-corrected chi connectivity index (χ3v) is 9.12. The first-order chi connectivity index (χ1) is 22.6. The number of hydrogen-bond acceptors (Lipinski definition) is 7. The SMILES string of the molecule is C=CC(=O)N1CCc2ncc(Cc3nc4c5ccsc5c3-c3ccc(F)cc3OCCOC/C=C/COc3ccccc3-4)cc2C1. The van der Waals surface area contributed by atoms with Crippen LogP contribution in [0.4, 0.5) is 4.39 Å². The number of aromatic nitrogens is 2. The quantitative estimate of drug-likeness (QED) is 0.155. The highest BCUT2D eigenvalue weighted by molar-refractivity contribution is 7.17. The highest BCUT2D eigenvalue weighted by atomic mass is 32.1.